The van der Waals surface area contributed by atoms with Crippen molar-refractivity contribution in [1.29, 1.82) is 0 Å². The molecular weight excluding hydrogens is 473 g/mol. The van der Waals surface area contributed by atoms with Crippen LogP contribution in [0.4, 0.5) is 4.39 Å². The van der Waals surface area contributed by atoms with Crippen LogP contribution in [0.2, 0.25) is 0 Å². The summed E-state index contributed by atoms with van der Waals surface area (Å²) in [4.78, 5) is 13.1. The Morgan fingerprint density at radius 2 is 1.91 bits per heavy atom. The fraction of sp³-hybridized carbons (Fsp3) is 0.500. The fourth-order valence-electron chi connectivity index (χ4n) is 3.99. The van der Waals surface area contributed by atoms with Crippen LogP contribution in [0.5, 0.6) is 0 Å². The molecule has 1 aliphatic rings. The lowest BCUT2D eigenvalue weighted by Crippen LogP contribution is -2.39. The van der Waals surface area contributed by atoms with Crippen LogP contribution in [0.3, 0.4) is 0 Å². The highest BCUT2D eigenvalue weighted by Gasteiger charge is 2.38. The molecule has 0 bridgehead atoms. The van der Waals surface area contributed by atoms with Crippen molar-refractivity contribution >= 4 is 17.2 Å². The predicted octanol–water partition coefficient (Wildman–Crippen LogP) is 4.16. The lowest BCUT2D eigenvalue weighted by Gasteiger charge is -2.36. The van der Waals surface area contributed by atoms with E-state index >= 15 is 0 Å². The van der Waals surface area contributed by atoms with Gasteiger partial charge in [0.2, 0.25) is 6.29 Å². The molecule has 9 heteroatoms. The molecule has 1 amide bonds. The van der Waals surface area contributed by atoms with E-state index in [4.69, 9.17) is 24.1 Å². The number of hydrogen-bond donors (Lipinski definition) is 2. The van der Waals surface area contributed by atoms with Gasteiger partial charge in [-0.25, -0.2) is 4.39 Å². The van der Waals surface area contributed by atoms with Crippen LogP contribution in [0.15, 0.2) is 52.9 Å². The molecule has 7 nitrogen and oxygen atoms in total. The molecule has 0 aliphatic carbocycles. The predicted molar refractivity (Wildman–Crippen MR) is 131 cm³/mol. The standard InChI is InChI=1S/C26H34FNO6S/c1-3-33-26-22(8-11-31-13-14-32-12-10-29)23(20-9-15-35-17-20)16-24(34-26)25(30)28-18(2)19-4-6-21(27)7-5-19/h4-7,9,15-18,22-23,26,29H,3,8,10-14H2,1-2H3,(H,28,30)/t18-,22-,23+,26+/m1/s1. The lowest BCUT2D eigenvalue weighted by molar-refractivity contribution is -0.168. The molecule has 0 saturated carbocycles. The number of carbonyl (C=O) groups excluding carboxylic acids is 1. The SMILES string of the molecule is CCO[C@H]1OC(C(=O)N[C@H](C)c2ccc(F)cc2)=C[C@@H](c2ccsc2)[C@H]1CCOCCOCCO. The highest BCUT2D eigenvalue weighted by atomic mass is 32.1. The second-order valence-electron chi connectivity index (χ2n) is 8.20. The molecule has 2 aromatic rings. The average Bonchev–Trinajstić information content (AvgIpc) is 3.39. The molecule has 0 spiro atoms. The summed E-state index contributed by atoms with van der Waals surface area (Å²) in [7, 11) is 0. The molecule has 3 rings (SSSR count). The van der Waals surface area contributed by atoms with Gasteiger partial charge in [-0.05, 0) is 66.4 Å². The minimum absolute atomic E-state index is 0.0112. The van der Waals surface area contributed by atoms with Crippen LogP contribution in [-0.4, -0.2) is 56.9 Å². The quantitative estimate of drug-likeness (QED) is 0.374. The summed E-state index contributed by atoms with van der Waals surface area (Å²) in [5.41, 5.74) is 1.89. The van der Waals surface area contributed by atoms with Gasteiger partial charge in [-0.3, -0.25) is 4.79 Å². The third-order valence-electron chi connectivity index (χ3n) is 5.79. The Balaban J connectivity index is 1.71. The number of allylic oxidation sites excluding steroid dienone is 1. The first-order valence-corrected chi connectivity index (χ1v) is 12.8. The zero-order chi connectivity index (χ0) is 25.0. The summed E-state index contributed by atoms with van der Waals surface area (Å²) < 4.78 is 36.2. The number of rotatable bonds is 14. The minimum atomic E-state index is -0.606. The fourth-order valence-corrected chi connectivity index (χ4v) is 4.70. The Morgan fingerprint density at radius 1 is 1.17 bits per heavy atom. The first-order valence-electron chi connectivity index (χ1n) is 11.9. The number of halogens is 1. The van der Waals surface area contributed by atoms with Crippen molar-refractivity contribution in [2.24, 2.45) is 5.92 Å². The maximum Gasteiger partial charge on any atom is 0.286 e. The number of amides is 1. The third kappa shape index (κ3) is 8.12. The Kier molecular flexibility index (Phi) is 11.2. The van der Waals surface area contributed by atoms with Gasteiger partial charge in [-0.15, -0.1) is 0 Å². The largest absolute Gasteiger partial charge is 0.459 e. The Labute approximate surface area is 209 Å². The maximum atomic E-state index is 13.3. The summed E-state index contributed by atoms with van der Waals surface area (Å²) in [5.74, 6) is -0.584. The number of benzene rings is 1. The molecule has 0 unspecified atom stereocenters. The van der Waals surface area contributed by atoms with E-state index in [-0.39, 0.29) is 42.0 Å². The van der Waals surface area contributed by atoms with Crippen LogP contribution in [-0.2, 0) is 23.7 Å². The molecule has 2 N–H and O–H groups in total. The molecule has 192 valence electrons. The van der Waals surface area contributed by atoms with Crippen LogP contribution in [0, 0.1) is 11.7 Å². The van der Waals surface area contributed by atoms with E-state index in [0.717, 1.165) is 11.1 Å². The van der Waals surface area contributed by atoms with Crippen molar-refractivity contribution < 1.29 is 33.2 Å². The van der Waals surface area contributed by atoms with E-state index in [1.54, 1.807) is 23.5 Å². The maximum absolute atomic E-state index is 13.3. The van der Waals surface area contributed by atoms with E-state index in [0.29, 0.717) is 39.5 Å². The molecule has 1 aromatic carbocycles. The summed E-state index contributed by atoms with van der Waals surface area (Å²) in [6.45, 7) is 5.79. The van der Waals surface area contributed by atoms with Gasteiger partial charge < -0.3 is 29.4 Å². The number of thiophene rings is 1. The van der Waals surface area contributed by atoms with Crippen molar-refractivity contribution in [1.82, 2.24) is 5.32 Å². The second-order valence-corrected chi connectivity index (χ2v) is 8.98. The van der Waals surface area contributed by atoms with E-state index in [2.05, 4.69) is 10.7 Å². The molecule has 2 heterocycles. The summed E-state index contributed by atoms with van der Waals surface area (Å²) in [6, 6.07) is 7.77. The van der Waals surface area contributed by atoms with Crippen LogP contribution >= 0.6 is 11.3 Å². The second kappa shape index (κ2) is 14.3. The van der Waals surface area contributed by atoms with Crippen LogP contribution in [0.1, 0.15) is 43.4 Å². The van der Waals surface area contributed by atoms with E-state index in [1.807, 2.05) is 31.4 Å². The lowest BCUT2D eigenvalue weighted by atomic mass is 9.82. The smallest absolute Gasteiger partial charge is 0.286 e. The van der Waals surface area contributed by atoms with Gasteiger partial charge in [-0.2, -0.15) is 11.3 Å². The monoisotopic (exact) mass is 507 g/mol. The Bertz CT molecular complexity index is 920. The Morgan fingerprint density at radius 3 is 2.57 bits per heavy atom. The van der Waals surface area contributed by atoms with Gasteiger partial charge in [0.15, 0.2) is 5.76 Å². The molecular formula is C26H34FNO6S. The van der Waals surface area contributed by atoms with E-state index < -0.39 is 6.29 Å². The van der Waals surface area contributed by atoms with E-state index in [1.165, 1.54) is 12.1 Å². The zero-order valence-electron chi connectivity index (χ0n) is 20.2. The number of carbonyl (C=O) groups is 1. The molecule has 35 heavy (non-hydrogen) atoms. The summed E-state index contributed by atoms with van der Waals surface area (Å²) in [5, 5.41) is 15.8. The van der Waals surface area contributed by atoms with Gasteiger partial charge >= 0.3 is 0 Å². The van der Waals surface area contributed by atoms with Crippen molar-refractivity contribution in [3.8, 4) is 0 Å². The number of ether oxygens (including phenoxy) is 4. The van der Waals surface area contributed by atoms with Crippen molar-refractivity contribution in [3.05, 3.63) is 69.9 Å². The molecule has 4 atom stereocenters. The van der Waals surface area contributed by atoms with Gasteiger partial charge in [0.05, 0.1) is 32.5 Å². The van der Waals surface area contributed by atoms with Gasteiger partial charge in [-0.1, -0.05) is 12.1 Å². The molecule has 0 radical (unpaired) electrons. The normalized spacial score (nSPS) is 20.7. The van der Waals surface area contributed by atoms with Crippen molar-refractivity contribution in [2.45, 2.75) is 38.5 Å². The highest BCUT2D eigenvalue weighted by molar-refractivity contribution is 7.08. The van der Waals surface area contributed by atoms with Gasteiger partial charge in [0.25, 0.3) is 5.91 Å². The van der Waals surface area contributed by atoms with Gasteiger partial charge in [0.1, 0.15) is 5.82 Å². The van der Waals surface area contributed by atoms with Crippen molar-refractivity contribution in [3.63, 3.8) is 0 Å². The number of nitrogens with one attached hydrogen (secondary N) is 1. The average molecular weight is 508 g/mol. The zero-order valence-corrected chi connectivity index (χ0v) is 21.0. The summed E-state index contributed by atoms with van der Waals surface area (Å²) in [6.07, 6.45) is 1.92. The van der Waals surface area contributed by atoms with Crippen LogP contribution in [0.25, 0.3) is 0 Å². The minimum Gasteiger partial charge on any atom is -0.459 e. The first-order chi connectivity index (χ1) is 17.0. The number of aliphatic hydroxyl groups is 1. The third-order valence-corrected chi connectivity index (χ3v) is 6.49. The number of hydrogen-bond acceptors (Lipinski definition) is 7. The van der Waals surface area contributed by atoms with Gasteiger partial charge in [0, 0.05) is 25.0 Å². The van der Waals surface area contributed by atoms with Crippen molar-refractivity contribution in [2.75, 3.05) is 39.6 Å². The molecule has 1 aliphatic heterocycles. The van der Waals surface area contributed by atoms with Crippen LogP contribution < -0.4 is 5.32 Å². The number of aliphatic hydroxyl groups excluding tert-OH is 1. The summed E-state index contributed by atoms with van der Waals surface area (Å²) >= 11 is 1.60. The molecule has 0 fully saturated rings. The molecule has 0 saturated heterocycles. The Hall–Kier alpha value is -2.30. The topological polar surface area (TPSA) is 86.3 Å². The highest BCUT2D eigenvalue weighted by Crippen LogP contribution is 2.39. The molecule has 1 aromatic heterocycles. The first kappa shape index (κ1) is 27.3. The van der Waals surface area contributed by atoms with E-state index in [9.17, 15) is 9.18 Å².